The third-order valence-electron chi connectivity index (χ3n) is 6.25. The third kappa shape index (κ3) is 4.06. The van der Waals surface area contributed by atoms with Gasteiger partial charge in [-0.15, -0.1) is 11.3 Å². The summed E-state index contributed by atoms with van der Waals surface area (Å²) in [5.74, 6) is 0.521. The quantitative estimate of drug-likeness (QED) is 0.630. The Labute approximate surface area is 181 Å². The molecule has 1 aliphatic rings. The number of aryl methyl sites for hydroxylation is 1. The normalized spacial score (nSPS) is 16.5. The lowest BCUT2D eigenvalue weighted by molar-refractivity contribution is -0.131. The smallest absolute Gasteiger partial charge is 0.262 e. The fourth-order valence-corrected chi connectivity index (χ4v) is 5.52. The third-order valence-corrected chi connectivity index (χ3v) is 7.42. The molecule has 2 aromatic heterocycles. The summed E-state index contributed by atoms with van der Waals surface area (Å²) in [5.41, 5.74) is 2.40. The zero-order valence-corrected chi connectivity index (χ0v) is 19.0. The Bertz CT molecular complexity index is 1130. The van der Waals surface area contributed by atoms with E-state index in [9.17, 15) is 9.59 Å². The molecule has 0 aliphatic heterocycles. The van der Waals surface area contributed by atoms with Crippen LogP contribution in [0.1, 0.15) is 43.2 Å². The molecule has 0 N–H and O–H groups in total. The fraction of sp³-hybridized carbons (Fsp3) is 0.458. The van der Waals surface area contributed by atoms with Gasteiger partial charge in [-0.3, -0.25) is 14.2 Å². The minimum Gasteiger partial charge on any atom is -0.340 e. The number of hydrogen-bond donors (Lipinski definition) is 0. The Morgan fingerprint density at radius 2 is 2.00 bits per heavy atom. The fourth-order valence-electron chi connectivity index (χ4n) is 4.26. The number of fused-ring (bicyclic) bond motifs is 3. The minimum absolute atomic E-state index is 0.0142. The molecule has 0 radical (unpaired) electrons. The molecule has 1 unspecified atom stereocenters. The number of aromatic nitrogens is 2. The van der Waals surface area contributed by atoms with Crippen molar-refractivity contribution in [1.82, 2.24) is 14.5 Å². The molecule has 1 aliphatic carbocycles. The molecule has 1 aromatic carbocycles. The van der Waals surface area contributed by atoms with E-state index < -0.39 is 0 Å². The van der Waals surface area contributed by atoms with E-state index in [2.05, 4.69) is 25.8 Å². The van der Waals surface area contributed by atoms with Crippen molar-refractivity contribution in [2.75, 3.05) is 7.05 Å². The molecule has 6 heteroatoms. The summed E-state index contributed by atoms with van der Waals surface area (Å²) in [6, 6.07) is 9.86. The molecular weight excluding hydrogens is 394 g/mol. The van der Waals surface area contributed by atoms with Gasteiger partial charge < -0.3 is 4.90 Å². The number of carbonyl (C=O) groups is 1. The number of likely N-dealkylation sites (N-methyl/N-ethyl adjacent to an activating group) is 1. The van der Waals surface area contributed by atoms with Crippen molar-refractivity contribution in [2.45, 2.75) is 53.1 Å². The van der Waals surface area contributed by atoms with Crippen molar-refractivity contribution < 1.29 is 4.79 Å². The number of hydrogen-bond acceptors (Lipinski definition) is 4. The molecule has 0 spiro atoms. The molecule has 0 saturated carbocycles. The van der Waals surface area contributed by atoms with Gasteiger partial charge in [0.25, 0.3) is 5.56 Å². The molecule has 30 heavy (non-hydrogen) atoms. The number of nitrogens with zero attached hydrogens (tertiary/aromatic N) is 3. The second kappa shape index (κ2) is 7.99. The van der Waals surface area contributed by atoms with Gasteiger partial charge in [0.2, 0.25) is 5.91 Å². The van der Waals surface area contributed by atoms with Crippen LogP contribution in [0.5, 0.6) is 0 Å². The van der Waals surface area contributed by atoms with Crippen LogP contribution in [0.4, 0.5) is 0 Å². The predicted molar refractivity (Wildman–Crippen MR) is 122 cm³/mol. The monoisotopic (exact) mass is 423 g/mol. The summed E-state index contributed by atoms with van der Waals surface area (Å²) < 4.78 is 1.47. The summed E-state index contributed by atoms with van der Waals surface area (Å²) >= 11 is 1.65. The first kappa shape index (κ1) is 20.8. The first-order valence-electron chi connectivity index (χ1n) is 10.5. The average molecular weight is 424 g/mol. The second-order valence-electron chi connectivity index (χ2n) is 9.40. The van der Waals surface area contributed by atoms with E-state index in [-0.39, 0.29) is 23.4 Å². The molecule has 0 fully saturated rings. The van der Waals surface area contributed by atoms with Gasteiger partial charge in [-0.05, 0) is 41.7 Å². The zero-order valence-electron chi connectivity index (χ0n) is 18.1. The Kier molecular flexibility index (Phi) is 5.53. The van der Waals surface area contributed by atoms with Crippen LogP contribution in [-0.2, 0) is 30.7 Å². The zero-order chi connectivity index (χ0) is 21.5. The van der Waals surface area contributed by atoms with Crippen molar-refractivity contribution in [3.8, 4) is 0 Å². The van der Waals surface area contributed by atoms with E-state index in [1.807, 2.05) is 30.3 Å². The molecule has 0 saturated heterocycles. The van der Waals surface area contributed by atoms with Gasteiger partial charge in [-0.25, -0.2) is 4.98 Å². The molecular formula is C24H29N3O2S. The van der Waals surface area contributed by atoms with E-state index in [0.717, 1.165) is 40.6 Å². The molecule has 5 nitrogen and oxygen atoms in total. The van der Waals surface area contributed by atoms with Gasteiger partial charge in [0.1, 0.15) is 11.4 Å². The highest BCUT2D eigenvalue weighted by molar-refractivity contribution is 7.18. The molecule has 4 rings (SSSR count). The van der Waals surface area contributed by atoms with Crippen LogP contribution >= 0.6 is 11.3 Å². The maximum absolute atomic E-state index is 13.2. The molecule has 3 aromatic rings. The predicted octanol–water partition coefficient (Wildman–Crippen LogP) is 4.27. The summed E-state index contributed by atoms with van der Waals surface area (Å²) in [6.07, 6.45) is 4.55. The summed E-state index contributed by atoms with van der Waals surface area (Å²) in [7, 11) is 1.77. The van der Waals surface area contributed by atoms with Gasteiger partial charge in [0.05, 0.1) is 11.7 Å². The van der Waals surface area contributed by atoms with Crippen LogP contribution in [0.2, 0.25) is 0 Å². The van der Waals surface area contributed by atoms with Crippen molar-refractivity contribution in [2.24, 2.45) is 11.3 Å². The maximum atomic E-state index is 13.2. The topological polar surface area (TPSA) is 55.2 Å². The molecule has 1 atom stereocenters. The minimum atomic E-state index is -0.0982. The number of rotatable bonds is 4. The lowest BCUT2D eigenvalue weighted by atomic mass is 9.72. The molecule has 1 amide bonds. The highest BCUT2D eigenvalue weighted by Crippen LogP contribution is 2.41. The Balaban J connectivity index is 1.57. The van der Waals surface area contributed by atoms with Crippen LogP contribution in [0.15, 0.2) is 41.5 Å². The number of carbonyl (C=O) groups excluding carboxylic acids is 1. The second-order valence-corrected chi connectivity index (χ2v) is 10.5. The number of benzene rings is 1. The maximum Gasteiger partial charge on any atom is 0.262 e. The van der Waals surface area contributed by atoms with E-state index in [1.54, 1.807) is 23.3 Å². The molecule has 158 valence electrons. The lowest BCUT2D eigenvalue weighted by Gasteiger charge is -2.33. The SMILES string of the molecule is CN(Cc1ccccc1)C(=O)Cn1cnc2sc3c(c2c1=O)CCC(C(C)(C)C)C3. The lowest BCUT2D eigenvalue weighted by Crippen LogP contribution is -2.34. The van der Waals surface area contributed by atoms with Crippen molar-refractivity contribution in [3.63, 3.8) is 0 Å². The molecule has 0 bridgehead atoms. The van der Waals surface area contributed by atoms with Gasteiger partial charge in [0, 0.05) is 18.5 Å². The van der Waals surface area contributed by atoms with Crippen molar-refractivity contribution >= 4 is 27.5 Å². The number of thiophene rings is 1. The van der Waals surface area contributed by atoms with Crippen LogP contribution in [0.25, 0.3) is 10.2 Å². The molecule has 2 heterocycles. The van der Waals surface area contributed by atoms with E-state index >= 15 is 0 Å². The van der Waals surface area contributed by atoms with Gasteiger partial charge in [-0.2, -0.15) is 0 Å². The first-order valence-corrected chi connectivity index (χ1v) is 11.3. The highest BCUT2D eigenvalue weighted by atomic mass is 32.1. The summed E-state index contributed by atoms with van der Waals surface area (Å²) in [6.45, 7) is 7.41. The Hall–Kier alpha value is -2.47. The van der Waals surface area contributed by atoms with Crippen LogP contribution in [0, 0.1) is 11.3 Å². The van der Waals surface area contributed by atoms with Gasteiger partial charge >= 0.3 is 0 Å². The summed E-state index contributed by atoms with van der Waals surface area (Å²) in [5, 5.41) is 0.725. The van der Waals surface area contributed by atoms with E-state index in [1.165, 1.54) is 15.8 Å². The van der Waals surface area contributed by atoms with Crippen molar-refractivity contribution in [3.05, 3.63) is 63.0 Å². The standard InChI is InChI=1S/C24H29N3O2S/c1-24(2,3)17-10-11-18-19(12-17)30-22-21(18)23(29)27(15-25-22)14-20(28)26(4)13-16-8-6-5-7-9-16/h5-9,15,17H,10-14H2,1-4H3. The van der Waals surface area contributed by atoms with Gasteiger partial charge in [0.15, 0.2) is 0 Å². The van der Waals surface area contributed by atoms with Crippen molar-refractivity contribution in [1.29, 1.82) is 0 Å². The van der Waals surface area contributed by atoms with Crippen LogP contribution < -0.4 is 5.56 Å². The average Bonchev–Trinajstić information content (AvgIpc) is 3.08. The Morgan fingerprint density at radius 1 is 1.27 bits per heavy atom. The van der Waals surface area contributed by atoms with E-state index in [0.29, 0.717) is 12.5 Å². The first-order chi connectivity index (χ1) is 14.2. The summed E-state index contributed by atoms with van der Waals surface area (Å²) in [4.78, 5) is 34.2. The number of amides is 1. The highest BCUT2D eigenvalue weighted by Gasteiger charge is 2.31. The largest absolute Gasteiger partial charge is 0.340 e. The van der Waals surface area contributed by atoms with Crippen LogP contribution in [-0.4, -0.2) is 27.4 Å². The van der Waals surface area contributed by atoms with Gasteiger partial charge in [-0.1, -0.05) is 51.1 Å². The van der Waals surface area contributed by atoms with E-state index in [4.69, 9.17) is 0 Å². The Morgan fingerprint density at radius 3 is 2.70 bits per heavy atom. The van der Waals surface area contributed by atoms with Crippen LogP contribution in [0.3, 0.4) is 0 Å².